The number of tetrazole rings is 1. The number of allylic oxidation sites excluding steroid dienone is 1. The first-order valence-electron chi connectivity index (χ1n) is 7.69. The SMILES string of the molecule is Fc1ccccc1[C@@H]1C=C(c2ccccc2OC(F)F)Nc2nnnn21. The number of para-hydroxylation sites is 1. The Bertz CT molecular complexity index is 972. The third-order valence-corrected chi connectivity index (χ3v) is 3.94. The highest BCUT2D eigenvalue weighted by molar-refractivity contribution is 5.80. The highest BCUT2D eigenvalue weighted by Gasteiger charge is 2.27. The Balaban J connectivity index is 1.82. The molecule has 1 atom stereocenters. The van der Waals surface area contributed by atoms with E-state index in [1.807, 2.05) is 0 Å². The van der Waals surface area contributed by atoms with Gasteiger partial charge in [0.2, 0.25) is 5.95 Å². The van der Waals surface area contributed by atoms with Crippen LogP contribution < -0.4 is 10.1 Å². The van der Waals surface area contributed by atoms with Gasteiger partial charge in [-0.1, -0.05) is 35.4 Å². The van der Waals surface area contributed by atoms with Crippen LogP contribution in [0, 0.1) is 5.82 Å². The van der Waals surface area contributed by atoms with Crippen LogP contribution in [0.25, 0.3) is 5.70 Å². The zero-order valence-electron chi connectivity index (χ0n) is 13.2. The van der Waals surface area contributed by atoms with Gasteiger partial charge in [-0.15, -0.1) is 0 Å². The number of aromatic nitrogens is 4. The lowest BCUT2D eigenvalue weighted by Gasteiger charge is -2.24. The predicted octanol–water partition coefficient (Wildman–Crippen LogP) is 3.47. The monoisotopic (exact) mass is 359 g/mol. The lowest BCUT2D eigenvalue weighted by Crippen LogP contribution is -2.21. The van der Waals surface area contributed by atoms with Gasteiger partial charge in [0.1, 0.15) is 17.6 Å². The molecule has 0 aliphatic carbocycles. The van der Waals surface area contributed by atoms with Crippen molar-refractivity contribution in [3.63, 3.8) is 0 Å². The molecule has 0 radical (unpaired) electrons. The van der Waals surface area contributed by atoms with Gasteiger partial charge < -0.3 is 10.1 Å². The van der Waals surface area contributed by atoms with Gasteiger partial charge in [-0.05, 0) is 34.7 Å². The third-order valence-electron chi connectivity index (χ3n) is 3.94. The van der Waals surface area contributed by atoms with E-state index in [1.54, 1.807) is 42.5 Å². The Morgan fingerprint density at radius 1 is 1.08 bits per heavy atom. The minimum absolute atomic E-state index is 0.00513. The van der Waals surface area contributed by atoms with Crippen LogP contribution in [0.3, 0.4) is 0 Å². The van der Waals surface area contributed by atoms with Crippen molar-refractivity contribution in [3.05, 3.63) is 71.6 Å². The lowest BCUT2D eigenvalue weighted by atomic mass is 10.0. The molecule has 4 rings (SSSR count). The van der Waals surface area contributed by atoms with Crippen LogP contribution in [0.15, 0.2) is 54.6 Å². The van der Waals surface area contributed by atoms with Crippen LogP contribution in [0.5, 0.6) is 5.75 Å². The number of hydrogen-bond donors (Lipinski definition) is 1. The number of halogens is 3. The smallest absolute Gasteiger partial charge is 0.387 e. The first-order chi connectivity index (χ1) is 12.6. The highest BCUT2D eigenvalue weighted by Crippen LogP contribution is 2.35. The first-order valence-corrected chi connectivity index (χ1v) is 7.69. The fourth-order valence-electron chi connectivity index (χ4n) is 2.84. The highest BCUT2D eigenvalue weighted by atomic mass is 19.3. The molecule has 0 amide bonds. The summed E-state index contributed by atoms with van der Waals surface area (Å²) in [5.74, 6) is -0.161. The van der Waals surface area contributed by atoms with Crippen LogP contribution >= 0.6 is 0 Å². The quantitative estimate of drug-likeness (QED) is 0.773. The molecule has 6 nitrogen and oxygen atoms in total. The molecule has 1 aliphatic rings. The maximum Gasteiger partial charge on any atom is 0.387 e. The molecular weight excluding hydrogens is 347 g/mol. The number of nitrogens with one attached hydrogen (secondary N) is 1. The van der Waals surface area contributed by atoms with E-state index in [1.165, 1.54) is 16.8 Å². The summed E-state index contributed by atoms with van der Waals surface area (Å²) in [5, 5.41) is 14.3. The number of fused-ring (bicyclic) bond motifs is 1. The summed E-state index contributed by atoms with van der Waals surface area (Å²) in [4.78, 5) is 0. The molecule has 2 aromatic carbocycles. The van der Waals surface area contributed by atoms with Gasteiger partial charge in [0.25, 0.3) is 0 Å². The zero-order chi connectivity index (χ0) is 18.1. The fourth-order valence-corrected chi connectivity index (χ4v) is 2.84. The van der Waals surface area contributed by atoms with Crippen molar-refractivity contribution in [1.82, 2.24) is 20.2 Å². The van der Waals surface area contributed by atoms with Crippen molar-refractivity contribution in [2.24, 2.45) is 0 Å². The van der Waals surface area contributed by atoms with Gasteiger partial charge in [0.05, 0.1) is 5.70 Å². The normalized spacial score (nSPS) is 16.0. The number of alkyl halides is 2. The molecule has 0 saturated heterocycles. The van der Waals surface area contributed by atoms with Gasteiger partial charge in [0, 0.05) is 11.1 Å². The maximum absolute atomic E-state index is 14.3. The van der Waals surface area contributed by atoms with Gasteiger partial charge in [-0.3, -0.25) is 0 Å². The molecule has 26 heavy (non-hydrogen) atoms. The second kappa shape index (κ2) is 6.51. The van der Waals surface area contributed by atoms with Crippen LogP contribution in [0.1, 0.15) is 17.2 Å². The van der Waals surface area contributed by atoms with Gasteiger partial charge >= 0.3 is 6.61 Å². The minimum atomic E-state index is -2.96. The van der Waals surface area contributed by atoms with Crippen LogP contribution in [-0.4, -0.2) is 26.8 Å². The van der Waals surface area contributed by atoms with Gasteiger partial charge in [-0.2, -0.15) is 13.5 Å². The average Bonchev–Trinajstić information content (AvgIpc) is 3.10. The number of rotatable bonds is 4. The van der Waals surface area contributed by atoms with E-state index in [0.717, 1.165) is 0 Å². The van der Waals surface area contributed by atoms with Crippen LogP contribution in [0.2, 0.25) is 0 Å². The summed E-state index contributed by atoms with van der Waals surface area (Å²) in [7, 11) is 0. The fraction of sp³-hybridized carbons (Fsp3) is 0.118. The van der Waals surface area contributed by atoms with Crippen LogP contribution in [0.4, 0.5) is 19.1 Å². The van der Waals surface area contributed by atoms with Gasteiger partial charge in [0.15, 0.2) is 0 Å². The summed E-state index contributed by atoms with van der Waals surface area (Å²) in [6.45, 7) is -2.96. The molecule has 1 aliphatic heterocycles. The second-order valence-corrected chi connectivity index (χ2v) is 5.49. The maximum atomic E-state index is 14.3. The zero-order valence-corrected chi connectivity index (χ0v) is 13.2. The first kappa shape index (κ1) is 16.1. The Morgan fingerprint density at radius 3 is 2.65 bits per heavy atom. The van der Waals surface area contributed by atoms with Crippen molar-refractivity contribution in [2.45, 2.75) is 12.7 Å². The van der Waals surface area contributed by atoms with E-state index in [9.17, 15) is 13.2 Å². The van der Waals surface area contributed by atoms with E-state index in [-0.39, 0.29) is 11.7 Å². The van der Waals surface area contributed by atoms with E-state index < -0.39 is 18.5 Å². The summed E-state index contributed by atoms with van der Waals surface area (Å²) in [5.41, 5.74) is 1.19. The number of ether oxygens (including phenoxy) is 1. The molecule has 132 valence electrons. The number of anilines is 1. The molecule has 0 saturated carbocycles. The molecular formula is C17H12F3N5O. The molecule has 1 N–H and O–H groups in total. The minimum Gasteiger partial charge on any atom is -0.434 e. The second-order valence-electron chi connectivity index (χ2n) is 5.49. The summed E-state index contributed by atoms with van der Waals surface area (Å²) in [6.07, 6.45) is 1.66. The Labute approximate surface area is 145 Å². The number of hydrogen-bond acceptors (Lipinski definition) is 5. The summed E-state index contributed by atoms with van der Waals surface area (Å²) >= 11 is 0. The Hall–Kier alpha value is -3.36. The Kier molecular flexibility index (Phi) is 4.04. The molecule has 1 aromatic heterocycles. The summed E-state index contributed by atoms with van der Waals surface area (Å²) < 4.78 is 45.7. The Morgan fingerprint density at radius 2 is 1.85 bits per heavy atom. The molecule has 0 spiro atoms. The van der Waals surface area contributed by atoms with E-state index in [4.69, 9.17) is 0 Å². The van der Waals surface area contributed by atoms with Crippen molar-refractivity contribution < 1.29 is 17.9 Å². The average molecular weight is 359 g/mol. The lowest BCUT2D eigenvalue weighted by molar-refractivity contribution is -0.0500. The topological polar surface area (TPSA) is 64.9 Å². The molecule has 3 aromatic rings. The van der Waals surface area contributed by atoms with Gasteiger partial charge in [-0.25, -0.2) is 4.39 Å². The van der Waals surface area contributed by atoms with Crippen molar-refractivity contribution in [3.8, 4) is 5.75 Å². The predicted molar refractivity (Wildman–Crippen MR) is 87.0 cm³/mol. The number of nitrogens with zero attached hydrogens (tertiary/aromatic N) is 4. The molecule has 0 fully saturated rings. The molecule has 2 heterocycles. The largest absolute Gasteiger partial charge is 0.434 e. The van der Waals surface area contributed by atoms with Crippen molar-refractivity contribution in [2.75, 3.05) is 5.32 Å². The summed E-state index contributed by atoms with van der Waals surface area (Å²) in [6, 6.07) is 11.9. The van der Waals surface area contributed by atoms with Crippen molar-refractivity contribution in [1.29, 1.82) is 0 Å². The van der Waals surface area contributed by atoms with Crippen molar-refractivity contribution >= 4 is 11.6 Å². The van der Waals surface area contributed by atoms with E-state index in [2.05, 4.69) is 25.6 Å². The van der Waals surface area contributed by atoms with E-state index >= 15 is 0 Å². The molecule has 0 bridgehead atoms. The third kappa shape index (κ3) is 2.87. The number of benzene rings is 2. The molecule has 9 heteroatoms. The van der Waals surface area contributed by atoms with E-state index in [0.29, 0.717) is 16.8 Å². The molecule has 0 unspecified atom stereocenters. The standard InChI is InChI=1S/C17H12F3N5O/c18-12-7-3-1-5-10(12)14-9-13(21-17-22-23-24-25(14)17)11-6-2-4-8-15(11)26-16(19)20/h1-9,14,16H,(H,21,22,24)/t14-/m0/s1. The van der Waals surface area contributed by atoms with Crippen LogP contribution in [-0.2, 0) is 0 Å².